The lowest BCUT2D eigenvalue weighted by Crippen LogP contribution is -2.26. The van der Waals surface area contributed by atoms with Crippen LogP contribution in [0.2, 0.25) is 0 Å². The Morgan fingerprint density at radius 2 is 1.64 bits per heavy atom. The van der Waals surface area contributed by atoms with Crippen molar-refractivity contribution in [1.29, 1.82) is 0 Å². The molecule has 0 unspecified atom stereocenters. The number of nitrogens with zero attached hydrogens (tertiary/aromatic N) is 2. The van der Waals surface area contributed by atoms with Crippen LogP contribution in [0.1, 0.15) is 15.9 Å². The van der Waals surface area contributed by atoms with Gasteiger partial charge in [-0.05, 0) is 48.9 Å². The molecule has 2 aromatic carbocycles. The summed E-state index contributed by atoms with van der Waals surface area (Å²) < 4.78 is 2.02. The van der Waals surface area contributed by atoms with Crippen molar-refractivity contribution >= 4 is 11.6 Å². The van der Waals surface area contributed by atoms with E-state index in [1.807, 2.05) is 84.5 Å². The van der Waals surface area contributed by atoms with Gasteiger partial charge in [0, 0.05) is 36.4 Å². The summed E-state index contributed by atoms with van der Waals surface area (Å²) >= 11 is 0. The van der Waals surface area contributed by atoms with E-state index in [2.05, 4.69) is 0 Å². The molecule has 1 aromatic heterocycles. The van der Waals surface area contributed by atoms with E-state index in [1.165, 1.54) is 0 Å². The minimum Gasteiger partial charge on any atom is -0.324 e. The van der Waals surface area contributed by atoms with Crippen LogP contribution in [0.3, 0.4) is 0 Å². The zero-order valence-electron chi connectivity index (χ0n) is 12.7. The monoisotopic (exact) mass is 290 g/mol. The van der Waals surface area contributed by atoms with Gasteiger partial charge in [0.2, 0.25) is 0 Å². The molecular formula is C19H18N2O. The van der Waals surface area contributed by atoms with Gasteiger partial charge in [0.25, 0.3) is 5.91 Å². The Labute approximate surface area is 130 Å². The maximum atomic E-state index is 12.7. The average molecular weight is 290 g/mol. The number of hydrogen-bond acceptors (Lipinski definition) is 1. The van der Waals surface area contributed by atoms with Crippen LogP contribution >= 0.6 is 0 Å². The zero-order valence-corrected chi connectivity index (χ0v) is 12.7. The van der Waals surface area contributed by atoms with Crippen LogP contribution in [0.15, 0.2) is 73.1 Å². The summed E-state index contributed by atoms with van der Waals surface area (Å²) in [5, 5.41) is 0. The average Bonchev–Trinajstić information content (AvgIpc) is 3.09. The first-order valence-electron chi connectivity index (χ1n) is 7.24. The first kappa shape index (κ1) is 14.1. The Morgan fingerprint density at radius 1 is 0.955 bits per heavy atom. The normalized spacial score (nSPS) is 10.5. The third-order valence-electron chi connectivity index (χ3n) is 3.79. The van der Waals surface area contributed by atoms with Gasteiger partial charge in [-0.3, -0.25) is 4.79 Å². The zero-order chi connectivity index (χ0) is 15.5. The van der Waals surface area contributed by atoms with E-state index in [0.29, 0.717) is 5.56 Å². The molecule has 0 aliphatic rings. The van der Waals surface area contributed by atoms with Gasteiger partial charge in [-0.1, -0.05) is 24.3 Å². The lowest BCUT2D eigenvalue weighted by atomic mass is 10.1. The first-order valence-corrected chi connectivity index (χ1v) is 7.24. The Bertz CT molecular complexity index is 776. The molecule has 0 radical (unpaired) electrons. The Morgan fingerprint density at radius 3 is 2.32 bits per heavy atom. The van der Waals surface area contributed by atoms with Gasteiger partial charge >= 0.3 is 0 Å². The molecule has 1 heterocycles. The molecule has 1 amide bonds. The lowest BCUT2D eigenvalue weighted by molar-refractivity contribution is 0.0993. The Balaban J connectivity index is 1.95. The van der Waals surface area contributed by atoms with E-state index in [-0.39, 0.29) is 5.91 Å². The number of anilines is 1. The molecule has 0 spiro atoms. The highest BCUT2D eigenvalue weighted by molar-refractivity contribution is 6.06. The predicted octanol–water partition coefficient (Wildman–Crippen LogP) is 4.06. The molecule has 3 aromatic rings. The Hall–Kier alpha value is -2.81. The second-order valence-corrected chi connectivity index (χ2v) is 5.29. The smallest absolute Gasteiger partial charge is 0.258 e. The van der Waals surface area contributed by atoms with Crippen molar-refractivity contribution in [2.24, 2.45) is 0 Å². The lowest BCUT2D eigenvalue weighted by Gasteiger charge is -2.18. The number of aromatic nitrogens is 1. The van der Waals surface area contributed by atoms with Crippen molar-refractivity contribution < 1.29 is 4.79 Å². The van der Waals surface area contributed by atoms with E-state index < -0.39 is 0 Å². The molecule has 0 saturated carbocycles. The molecule has 0 N–H and O–H groups in total. The van der Waals surface area contributed by atoms with Crippen LogP contribution in [-0.4, -0.2) is 17.5 Å². The van der Waals surface area contributed by atoms with Gasteiger partial charge in [0.15, 0.2) is 0 Å². The fourth-order valence-electron chi connectivity index (χ4n) is 2.48. The van der Waals surface area contributed by atoms with Gasteiger partial charge in [-0.2, -0.15) is 0 Å². The summed E-state index contributed by atoms with van der Waals surface area (Å²) in [6, 6.07) is 19.4. The quantitative estimate of drug-likeness (QED) is 0.714. The topological polar surface area (TPSA) is 25.2 Å². The van der Waals surface area contributed by atoms with Crippen molar-refractivity contribution in [3.8, 4) is 5.69 Å². The minimum absolute atomic E-state index is 0.0143. The van der Waals surface area contributed by atoms with E-state index in [9.17, 15) is 4.79 Å². The molecule has 3 rings (SSSR count). The summed E-state index contributed by atoms with van der Waals surface area (Å²) in [5.41, 5.74) is 3.73. The van der Waals surface area contributed by atoms with Crippen molar-refractivity contribution in [3.63, 3.8) is 0 Å². The van der Waals surface area contributed by atoms with Crippen LogP contribution in [0.5, 0.6) is 0 Å². The highest BCUT2D eigenvalue weighted by atomic mass is 16.2. The first-order chi connectivity index (χ1) is 10.7. The fraction of sp³-hybridized carbons (Fsp3) is 0.105. The molecule has 110 valence electrons. The van der Waals surface area contributed by atoms with Crippen molar-refractivity contribution in [2.45, 2.75) is 6.92 Å². The number of amides is 1. The van der Waals surface area contributed by atoms with Gasteiger partial charge in [0.1, 0.15) is 0 Å². The van der Waals surface area contributed by atoms with Crippen LogP contribution in [-0.2, 0) is 0 Å². The van der Waals surface area contributed by atoms with E-state index in [4.69, 9.17) is 0 Å². The maximum absolute atomic E-state index is 12.7. The van der Waals surface area contributed by atoms with Crippen molar-refractivity contribution in [1.82, 2.24) is 4.57 Å². The second kappa shape index (κ2) is 5.90. The Kier molecular flexibility index (Phi) is 3.79. The number of carbonyl (C=O) groups is 1. The van der Waals surface area contributed by atoms with Gasteiger partial charge < -0.3 is 9.47 Å². The molecule has 0 aliphatic heterocycles. The molecule has 0 aliphatic carbocycles. The number of carbonyl (C=O) groups excluding carboxylic acids is 1. The summed E-state index contributed by atoms with van der Waals surface area (Å²) in [4.78, 5) is 14.4. The number of rotatable bonds is 3. The molecule has 0 bridgehead atoms. The standard InChI is InChI=1S/C19H18N2O/c1-15-10-11-16(14-18(15)21-12-6-7-13-21)19(22)20(2)17-8-4-3-5-9-17/h3-14H,1-2H3. The van der Waals surface area contributed by atoms with Crippen LogP contribution in [0.4, 0.5) is 5.69 Å². The SMILES string of the molecule is Cc1ccc(C(=O)N(C)c2ccccc2)cc1-n1cccc1. The minimum atomic E-state index is -0.0143. The van der Waals surface area contributed by atoms with Crippen LogP contribution in [0.25, 0.3) is 5.69 Å². The number of para-hydroxylation sites is 1. The highest BCUT2D eigenvalue weighted by Gasteiger charge is 2.14. The third-order valence-corrected chi connectivity index (χ3v) is 3.79. The number of aryl methyl sites for hydroxylation is 1. The number of hydrogen-bond donors (Lipinski definition) is 0. The summed E-state index contributed by atoms with van der Waals surface area (Å²) in [7, 11) is 1.80. The summed E-state index contributed by atoms with van der Waals surface area (Å²) in [6.07, 6.45) is 3.97. The maximum Gasteiger partial charge on any atom is 0.258 e. The molecule has 3 nitrogen and oxygen atoms in total. The van der Waals surface area contributed by atoms with E-state index in [0.717, 1.165) is 16.9 Å². The summed E-state index contributed by atoms with van der Waals surface area (Å²) in [5.74, 6) is -0.0143. The van der Waals surface area contributed by atoms with Gasteiger partial charge in [0.05, 0.1) is 0 Å². The largest absolute Gasteiger partial charge is 0.324 e. The van der Waals surface area contributed by atoms with Crippen molar-refractivity contribution in [2.75, 3.05) is 11.9 Å². The van der Waals surface area contributed by atoms with E-state index >= 15 is 0 Å². The molecule has 0 saturated heterocycles. The second-order valence-electron chi connectivity index (χ2n) is 5.29. The predicted molar refractivity (Wildman–Crippen MR) is 89.7 cm³/mol. The van der Waals surface area contributed by atoms with Crippen molar-refractivity contribution in [3.05, 3.63) is 84.2 Å². The molecule has 3 heteroatoms. The third kappa shape index (κ3) is 2.66. The van der Waals surface area contributed by atoms with Gasteiger partial charge in [-0.15, -0.1) is 0 Å². The van der Waals surface area contributed by atoms with Crippen LogP contribution < -0.4 is 4.90 Å². The molecule has 22 heavy (non-hydrogen) atoms. The van der Waals surface area contributed by atoms with E-state index in [1.54, 1.807) is 11.9 Å². The van der Waals surface area contributed by atoms with Crippen LogP contribution in [0, 0.1) is 6.92 Å². The van der Waals surface area contributed by atoms with Gasteiger partial charge in [-0.25, -0.2) is 0 Å². The molecule has 0 atom stereocenters. The summed E-state index contributed by atoms with van der Waals surface area (Å²) in [6.45, 7) is 2.05. The fourth-order valence-corrected chi connectivity index (χ4v) is 2.48. The number of benzene rings is 2. The molecule has 0 fully saturated rings. The highest BCUT2D eigenvalue weighted by Crippen LogP contribution is 2.20. The molecular weight excluding hydrogens is 272 g/mol.